The highest BCUT2D eigenvalue weighted by Gasteiger charge is 2.48. The van der Waals surface area contributed by atoms with Gasteiger partial charge in [0.25, 0.3) is 0 Å². The summed E-state index contributed by atoms with van der Waals surface area (Å²) < 4.78 is 5.65. The fraction of sp³-hybridized carbons (Fsp3) is 0.321. The summed E-state index contributed by atoms with van der Waals surface area (Å²) in [7, 11) is -1.88. The number of hydrogen-bond acceptors (Lipinski definition) is 2. The Balaban J connectivity index is 1.72. The van der Waals surface area contributed by atoms with E-state index in [1.807, 2.05) is 25.7 Å². The van der Waals surface area contributed by atoms with Crippen molar-refractivity contribution >= 4 is 29.3 Å². The number of benzene rings is 3. The maximum absolute atomic E-state index is 12.7. The minimum absolute atomic E-state index is 0.192. The van der Waals surface area contributed by atoms with Crippen LogP contribution in [0.2, 0.25) is 0 Å². The molecule has 0 radical (unpaired) electrons. The van der Waals surface area contributed by atoms with Crippen LogP contribution in [0.1, 0.15) is 27.2 Å². The van der Waals surface area contributed by atoms with Crippen LogP contribution in [0.4, 0.5) is 4.79 Å². The van der Waals surface area contributed by atoms with E-state index in [9.17, 15) is 4.79 Å². The van der Waals surface area contributed by atoms with Crippen LogP contribution < -0.4 is 15.9 Å². The quantitative estimate of drug-likeness (QED) is 0.502. The van der Waals surface area contributed by atoms with Gasteiger partial charge in [0.2, 0.25) is 0 Å². The van der Waals surface area contributed by atoms with E-state index in [-0.39, 0.29) is 6.09 Å². The topological polar surface area (TPSA) is 29.5 Å². The molecule has 1 aliphatic heterocycles. The van der Waals surface area contributed by atoms with Crippen LogP contribution in [0.3, 0.4) is 0 Å². The molecular formula is C28H33NO2P+. The lowest BCUT2D eigenvalue weighted by Crippen LogP contribution is -2.38. The van der Waals surface area contributed by atoms with Crippen molar-refractivity contribution in [3.05, 3.63) is 91.0 Å². The summed E-state index contributed by atoms with van der Waals surface area (Å²) in [5.41, 5.74) is -0.468. The number of likely N-dealkylation sites (tertiary alicyclic amines) is 1. The zero-order valence-corrected chi connectivity index (χ0v) is 20.2. The highest BCUT2D eigenvalue weighted by Crippen LogP contribution is 2.57. The molecule has 1 fully saturated rings. The van der Waals surface area contributed by atoms with E-state index in [0.29, 0.717) is 5.92 Å². The molecule has 0 aliphatic carbocycles. The molecule has 166 valence electrons. The van der Waals surface area contributed by atoms with Crippen molar-refractivity contribution in [3.8, 4) is 0 Å². The maximum atomic E-state index is 12.7. The lowest BCUT2D eigenvalue weighted by Gasteiger charge is -2.30. The molecule has 1 amide bonds. The van der Waals surface area contributed by atoms with Crippen molar-refractivity contribution in [2.45, 2.75) is 32.8 Å². The SMILES string of the molecule is CC(C)(C)OC(=O)N1CC[C@H](C[P+](c2ccccc2)(c2ccccc2)c2ccccc2)C1. The summed E-state index contributed by atoms with van der Waals surface area (Å²) in [6.07, 6.45) is 1.86. The lowest BCUT2D eigenvalue weighted by atomic mass is 10.2. The molecule has 4 rings (SSSR count). The number of amides is 1. The van der Waals surface area contributed by atoms with Gasteiger partial charge in [-0.25, -0.2) is 4.79 Å². The summed E-state index contributed by atoms with van der Waals surface area (Å²) in [5.74, 6) is 0.427. The van der Waals surface area contributed by atoms with Gasteiger partial charge in [-0.2, -0.15) is 0 Å². The van der Waals surface area contributed by atoms with E-state index in [1.54, 1.807) is 0 Å². The van der Waals surface area contributed by atoms with Gasteiger partial charge in [-0.05, 0) is 63.6 Å². The van der Waals surface area contributed by atoms with Crippen molar-refractivity contribution in [2.75, 3.05) is 19.3 Å². The average molecular weight is 447 g/mol. The van der Waals surface area contributed by atoms with Gasteiger partial charge in [0.15, 0.2) is 0 Å². The van der Waals surface area contributed by atoms with Crippen molar-refractivity contribution in [2.24, 2.45) is 5.92 Å². The van der Waals surface area contributed by atoms with Gasteiger partial charge < -0.3 is 9.64 Å². The predicted molar refractivity (Wildman–Crippen MR) is 136 cm³/mol. The van der Waals surface area contributed by atoms with E-state index in [4.69, 9.17) is 4.74 Å². The first-order valence-electron chi connectivity index (χ1n) is 11.4. The second-order valence-corrected chi connectivity index (χ2v) is 13.1. The fourth-order valence-electron chi connectivity index (χ4n) is 4.67. The molecule has 0 spiro atoms. The van der Waals surface area contributed by atoms with Gasteiger partial charge in [-0.1, -0.05) is 54.6 Å². The third-order valence-electron chi connectivity index (χ3n) is 6.06. The maximum Gasteiger partial charge on any atom is 0.410 e. The Kier molecular flexibility index (Phi) is 6.67. The summed E-state index contributed by atoms with van der Waals surface area (Å²) in [4.78, 5) is 14.6. The summed E-state index contributed by atoms with van der Waals surface area (Å²) in [5, 5.41) is 4.19. The Morgan fingerprint density at radius 3 is 1.69 bits per heavy atom. The average Bonchev–Trinajstić information content (AvgIpc) is 3.27. The highest BCUT2D eigenvalue weighted by atomic mass is 31.2. The Hall–Kier alpha value is -2.64. The Morgan fingerprint density at radius 2 is 1.28 bits per heavy atom. The Labute approximate surface area is 192 Å². The van der Waals surface area contributed by atoms with Gasteiger partial charge in [0.05, 0.1) is 6.16 Å². The molecule has 32 heavy (non-hydrogen) atoms. The Bertz CT molecular complexity index is 919. The van der Waals surface area contributed by atoms with Gasteiger partial charge in [0.1, 0.15) is 28.8 Å². The largest absolute Gasteiger partial charge is 0.444 e. The smallest absolute Gasteiger partial charge is 0.410 e. The van der Waals surface area contributed by atoms with Crippen LogP contribution in [-0.4, -0.2) is 35.8 Å². The van der Waals surface area contributed by atoms with E-state index < -0.39 is 12.9 Å². The normalized spacial score (nSPS) is 16.7. The molecule has 1 saturated heterocycles. The van der Waals surface area contributed by atoms with Crippen molar-refractivity contribution in [3.63, 3.8) is 0 Å². The molecule has 3 nitrogen and oxygen atoms in total. The van der Waals surface area contributed by atoms with Crippen molar-refractivity contribution in [1.82, 2.24) is 4.90 Å². The van der Waals surface area contributed by atoms with Crippen LogP contribution in [0, 0.1) is 5.92 Å². The minimum atomic E-state index is -1.88. The van der Waals surface area contributed by atoms with Gasteiger partial charge in [-0.15, -0.1) is 0 Å². The lowest BCUT2D eigenvalue weighted by molar-refractivity contribution is 0.0289. The molecular weight excluding hydrogens is 413 g/mol. The number of carbonyl (C=O) groups excluding carboxylic acids is 1. The first-order valence-corrected chi connectivity index (χ1v) is 13.4. The number of rotatable bonds is 5. The molecule has 3 aromatic rings. The summed E-state index contributed by atoms with van der Waals surface area (Å²) in [6, 6.07) is 32.9. The zero-order valence-electron chi connectivity index (χ0n) is 19.3. The third-order valence-corrected chi connectivity index (χ3v) is 10.7. The summed E-state index contributed by atoms with van der Waals surface area (Å²) in [6.45, 7) is 7.29. The fourth-order valence-corrected chi connectivity index (χ4v) is 9.31. The van der Waals surface area contributed by atoms with Crippen LogP contribution >= 0.6 is 7.26 Å². The number of hydrogen-bond donors (Lipinski definition) is 0. The summed E-state index contributed by atoms with van der Waals surface area (Å²) >= 11 is 0. The number of carbonyl (C=O) groups is 1. The number of nitrogens with zero attached hydrogens (tertiary/aromatic N) is 1. The van der Waals surface area contributed by atoms with E-state index in [0.717, 1.165) is 25.7 Å². The van der Waals surface area contributed by atoms with Crippen LogP contribution in [0.25, 0.3) is 0 Å². The van der Waals surface area contributed by atoms with Crippen LogP contribution in [-0.2, 0) is 4.74 Å². The molecule has 3 aromatic carbocycles. The van der Waals surface area contributed by atoms with Crippen molar-refractivity contribution in [1.29, 1.82) is 0 Å². The first kappa shape index (κ1) is 22.6. The zero-order chi connectivity index (χ0) is 22.6. The van der Waals surface area contributed by atoms with Crippen molar-refractivity contribution < 1.29 is 9.53 Å². The minimum Gasteiger partial charge on any atom is -0.444 e. The third kappa shape index (κ3) is 4.89. The molecule has 0 unspecified atom stereocenters. The Morgan fingerprint density at radius 1 is 0.844 bits per heavy atom. The molecule has 0 aromatic heterocycles. The molecule has 0 N–H and O–H groups in total. The van der Waals surface area contributed by atoms with Gasteiger partial charge >= 0.3 is 6.09 Å². The molecule has 1 atom stereocenters. The molecule has 1 heterocycles. The standard InChI is InChI=1S/C28H33NO2P/c1-28(2,3)31-27(30)29-20-19-23(21-29)22-32(24-13-7-4-8-14-24,25-15-9-5-10-16-25)26-17-11-6-12-18-26/h4-18,23H,19-22H2,1-3H3/q+1/t23-/m0/s1. The molecule has 1 aliphatic rings. The predicted octanol–water partition coefficient (Wildman–Crippen LogP) is 5.24. The van der Waals surface area contributed by atoms with E-state index in [2.05, 4.69) is 91.0 Å². The first-order chi connectivity index (χ1) is 15.4. The van der Waals surface area contributed by atoms with Gasteiger partial charge in [-0.3, -0.25) is 0 Å². The second-order valence-electron chi connectivity index (χ2n) is 9.58. The van der Waals surface area contributed by atoms with E-state index >= 15 is 0 Å². The number of ether oxygens (including phenoxy) is 1. The molecule has 0 bridgehead atoms. The molecule has 0 saturated carbocycles. The monoisotopic (exact) mass is 446 g/mol. The highest BCUT2D eigenvalue weighted by molar-refractivity contribution is 7.95. The van der Waals surface area contributed by atoms with Crippen LogP contribution in [0.15, 0.2) is 91.0 Å². The second kappa shape index (κ2) is 9.46. The molecule has 4 heteroatoms. The van der Waals surface area contributed by atoms with E-state index in [1.165, 1.54) is 15.9 Å². The van der Waals surface area contributed by atoms with Crippen LogP contribution in [0.5, 0.6) is 0 Å². The van der Waals surface area contributed by atoms with Gasteiger partial charge in [0, 0.05) is 19.0 Å².